The summed E-state index contributed by atoms with van der Waals surface area (Å²) in [6.07, 6.45) is -17.1. The van der Waals surface area contributed by atoms with Crippen molar-refractivity contribution in [3.63, 3.8) is 0 Å². The average molecular weight is 294 g/mol. The zero-order chi connectivity index (χ0) is 14.3. The van der Waals surface area contributed by atoms with Gasteiger partial charge in [-0.05, 0) is 0 Å². The van der Waals surface area contributed by atoms with E-state index in [-0.39, 0.29) is 0 Å². The summed E-state index contributed by atoms with van der Waals surface area (Å²) in [5.41, 5.74) is 0. The molecule has 0 aromatic rings. The van der Waals surface area contributed by atoms with Crippen LogP contribution in [0.1, 0.15) is 0 Å². The van der Waals surface area contributed by atoms with Gasteiger partial charge in [-0.3, -0.25) is 4.90 Å². The average Bonchev–Trinajstić information content (AvgIpc) is 3.03. The lowest BCUT2D eigenvalue weighted by atomic mass is 10.3. The van der Waals surface area contributed by atoms with Crippen LogP contribution in [0.25, 0.3) is 0 Å². The van der Waals surface area contributed by atoms with Crippen molar-refractivity contribution in [2.75, 3.05) is 26.2 Å². The zero-order valence-corrected chi connectivity index (χ0v) is 9.59. The van der Waals surface area contributed by atoms with E-state index in [0.717, 1.165) is 0 Å². The summed E-state index contributed by atoms with van der Waals surface area (Å²) < 4.78 is 82.3. The van der Waals surface area contributed by atoms with Gasteiger partial charge in [-0.1, -0.05) is 0 Å². The second-order valence-corrected chi connectivity index (χ2v) is 4.28. The van der Waals surface area contributed by atoms with E-state index in [4.69, 9.17) is 4.74 Å². The first-order valence-electron chi connectivity index (χ1n) is 5.59. The Bertz CT molecular complexity index is 301. The maximum atomic E-state index is 12.2. The Morgan fingerprint density at radius 2 is 1.58 bits per heavy atom. The van der Waals surface area contributed by atoms with Gasteiger partial charge in [0, 0.05) is 26.2 Å². The molecule has 2 fully saturated rings. The summed E-state index contributed by atoms with van der Waals surface area (Å²) in [6, 6.07) is 0. The Morgan fingerprint density at radius 1 is 1.05 bits per heavy atom. The highest BCUT2D eigenvalue weighted by Crippen LogP contribution is 2.40. The van der Waals surface area contributed by atoms with Gasteiger partial charge in [-0.2, -0.15) is 26.3 Å². The van der Waals surface area contributed by atoms with Crippen molar-refractivity contribution < 1.29 is 35.8 Å². The normalized spacial score (nSPS) is 29.8. The van der Waals surface area contributed by atoms with Crippen LogP contribution < -0.4 is 5.32 Å². The third-order valence-electron chi connectivity index (χ3n) is 2.81. The van der Waals surface area contributed by atoms with Gasteiger partial charge in [0.15, 0.2) is 6.23 Å². The molecule has 0 aromatic carbocycles. The molecule has 1 N–H and O–H groups in total. The van der Waals surface area contributed by atoms with Crippen LogP contribution in [0.2, 0.25) is 0 Å². The molecule has 2 saturated heterocycles. The number of ether oxygens (including phenoxy) is 2. The zero-order valence-electron chi connectivity index (χ0n) is 9.59. The lowest BCUT2D eigenvalue weighted by molar-refractivity contribution is -0.330. The van der Waals surface area contributed by atoms with Gasteiger partial charge in [0.1, 0.15) is 0 Å². The molecule has 2 heterocycles. The van der Waals surface area contributed by atoms with Gasteiger partial charge in [0.05, 0.1) is 0 Å². The standard InChI is InChI=1S/C9H12F6N2O2/c10-8(11,12)7(9(13,14)15)19-6-5(18-6)17-3-1-16-2-4-17/h5-7,16H,1-4H2. The van der Waals surface area contributed by atoms with Crippen molar-refractivity contribution >= 4 is 0 Å². The van der Waals surface area contributed by atoms with E-state index in [2.05, 4.69) is 10.1 Å². The number of hydrogen-bond acceptors (Lipinski definition) is 4. The Morgan fingerprint density at radius 3 is 2.05 bits per heavy atom. The van der Waals surface area contributed by atoms with E-state index < -0.39 is 31.0 Å². The molecule has 2 aliphatic rings. The molecule has 112 valence electrons. The summed E-state index contributed by atoms with van der Waals surface area (Å²) in [5.74, 6) is 0. The molecule has 2 atom stereocenters. The predicted octanol–water partition coefficient (Wildman–Crippen LogP) is 1.08. The third-order valence-corrected chi connectivity index (χ3v) is 2.81. The fourth-order valence-corrected chi connectivity index (χ4v) is 1.86. The number of nitrogens with zero attached hydrogens (tertiary/aromatic N) is 1. The lowest BCUT2D eigenvalue weighted by Gasteiger charge is -2.26. The third kappa shape index (κ3) is 3.71. The van der Waals surface area contributed by atoms with Crippen LogP contribution in [-0.4, -0.2) is 62.1 Å². The maximum absolute atomic E-state index is 12.2. The maximum Gasteiger partial charge on any atom is 0.423 e. The van der Waals surface area contributed by atoms with E-state index in [1.165, 1.54) is 0 Å². The summed E-state index contributed by atoms with van der Waals surface area (Å²) in [5, 5.41) is 3.00. The number of hydrogen-bond donors (Lipinski definition) is 1. The van der Waals surface area contributed by atoms with Crippen molar-refractivity contribution in [2.45, 2.75) is 31.0 Å². The highest BCUT2D eigenvalue weighted by molar-refractivity contribution is 4.85. The van der Waals surface area contributed by atoms with Crippen LogP contribution in [0.5, 0.6) is 0 Å². The van der Waals surface area contributed by atoms with Crippen LogP contribution in [-0.2, 0) is 9.47 Å². The van der Waals surface area contributed by atoms with E-state index >= 15 is 0 Å². The number of alkyl halides is 6. The van der Waals surface area contributed by atoms with Crippen molar-refractivity contribution in [3.8, 4) is 0 Å². The fraction of sp³-hybridized carbons (Fsp3) is 1.00. The summed E-state index contributed by atoms with van der Waals surface area (Å²) in [4.78, 5) is 1.64. The highest BCUT2D eigenvalue weighted by Gasteiger charge is 2.62. The molecular weight excluding hydrogens is 282 g/mol. The first-order valence-corrected chi connectivity index (χ1v) is 5.59. The molecule has 0 bridgehead atoms. The molecule has 0 saturated carbocycles. The molecule has 4 nitrogen and oxygen atoms in total. The van der Waals surface area contributed by atoms with Crippen LogP contribution in [0.15, 0.2) is 0 Å². The minimum absolute atomic E-state index is 0.493. The quantitative estimate of drug-likeness (QED) is 0.624. The van der Waals surface area contributed by atoms with Crippen LogP contribution in [0, 0.1) is 0 Å². The van der Waals surface area contributed by atoms with Crippen molar-refractivity contribution in [1.82, 2.24) is 10.2 Å². The van der Waals surface area contributed by atoms with E-state index in [1.807, 2.05) is 0 Å². The predicted molar refractivity (Wildman–Crippen MR) is 50.1 cm³/mol. The molecule has 0 aromatic heterocycles. The van der Waals surface area contributed by atoms with Crippen molar-refractivity contribution in [3.05, 3.63) is 0 Å². The molecule has 0 amide bonds. The molecule has 2 rings (SSSR count). The Kier molecular flexibility index (Phi) is 3.96. The second kappa shape index (κ2) is 5.08. The van der Waals surface area contributed by atoms with E-state index in [9.17, 15) is 26.3 Å². The first-order chi connectivity index (χ1) is 8.69. The van der Waals surface area contributed by atoms with Gasteiger partial charge < -0.3 is 14.8 Å². The SMILES string of the molecule is FC(F)(F)C(OC1OC1N1CCNCC1)C(F)(F)F. The van der Waals surface area contributed by atoms with E-state index in [0.29, 0.717) is 26.2 Å². The molecule has 2 aliphatic heterocycles. The van der Waals surface area contributed by atoms with Gasteiger partial charge >= 0.3 is 12.4 Å². The van der Waals surface area contributed by atoms with Crippen molar-refractivity contribution in [1.29, 1.82) is 0 Å². The van der Waals surface area contributed by atoms with Crippen LogP contribution in [0.4, 0.5) is 26.3 Å². The summed E-state index contributed by atoms with van der Waals surface area (Å²) in [7, 11) is 0. The topological polar surface area (TPSA) is 37.0 Å². The monoisotopic (exact) mass is 294 g/mol. The molecule has 10 heteroatoms. The second-order valence-electron chi connectivity index (χ2n) is 4.28. The van der Waals surface area contributed by atoms with Crippen molar-refractivity contribution in [2.24, 2.45) is 0 Å². The number of halogens is 6. The van der Waals surface area contributed by atoms with Gasteiger partial charge in [-0.25, -0.2) is 0 Å². The minimum atomic E-state index is -5.50. The van der Waals surface area contributed by atoms with Gasteiger partial charge in [0.25, 0.3) is 6.10 Å². The number of piperazine rings is 1. The first kappa shape index (κ1) is 14.8. The van der Waals surface area contributed by atoms with Crippen LogP contribution in [0.3, 0.4) is 0 Å². The lowest BCUT2D eigenvalue weighted by Crippen LogP contribution is -2.48. The molecule has 2 unspecified atom stereocenters. The molecule has 0 spiro atoms. The number of rotatable bonds is 3. The fourth-order valence-electron chi connectivity index (χ4n) is 1.86. The minimum Gasteiger partial charge on any atom is -0.327 e. The highest BCUT2D eigenvalue weighted by atomic mass is 19.4. The van der Waals surface area contributed by atoms with E-state index in [1.54, 1.807) is 4.90 Å². The number of nitrogens with one attached hydrogen (secondary N) is 1. The molecule has 0 radical (unpaired) electrons. The van der Waals surface area contributed by atoms with Gasteiger partial charge in [0.2, 0.25) is 6.29 Å². The molecule has 0 aliphatic carbocycles. The number of epoxide rings is 1. The van der Waals surface area contributed by atoms with Crippen LogP contribution >= 0.6 is 0 Å². The van der Waals surface area contributed by atoms with Gasteiger partial charge in [-0.15, -0.1) is 0 Å². The molecular formula is C9H12F6N2O2. The molecule has 19 heavy (non-hydrogen) atoms. The largest absolute Gasteiger partial charge is 0.423 e. The summed E-state index contributed by atoms with van der Waals surface area (Å²) in [6.45, 7) is 2.20. The Balaban J connectivity index is 1.90. The summed E-state index contributed by atoms with van der Waals surface area (Å²) >= 11 is 0. The smallest absolute Gasteiger partial charge is 0.327 e. The Labute approximate surface area is 104 Å². The Hall–Kier alpha value is -0.580.